The largest absolute Gasteiger partial charge is 0.350 e. The maximum absolute atomic E-state index is 14.5. The summed E-state index contributed by atoms with van der Waals surface area (Å²) in [6.07, 6.45) is 0.798. The van der Waals surface area contributed by atoms with Gasteiger partial charge in [0.05, 0.1) is 16.7 Å². The molecule has 0 N–H and O–H groups in total. The zero-order chi connectivity index (χ0) is 20.0. The van der Waals surface area contributed by atoms with Gasteiger partial charge in [0.2, 0.25) is 5.28 Å². The minimum absolute atomic E-state index is 0.0132. The molecule has 2 aromatic heterocycles. The molecule has 4 rings (SSSR count). The van der Waals surface area contributed by atoms with Gasteiger partial charge in [-0.15, -0.1) is 0 Å². The summed E-state index contributed by atoms with van der Waals surface area (Å²) in [5.41, 5.74) is 1.47. The van der Waals surface area contributed by atoms with Crippen molar-refractivity contribution in [1.82, 2.24) is 24.6 Å². The lowest BCUT2D eigenvalue weighted by atomic mass is 10.2. The Morgan fingerprint density at radius 3 is 2.82 bits per heavy atom. The molecule has 7 nitrogen and oxygen atoms in total. The molecular formula is C18H17BrClFN6O. The maximum atomic E-state index is 14.5. The van der Waals surface area contributed by atoms with Gasteiger partial charge in [-0.05, 0) is 52.2 Å². The molecule has 3 aromatic rings. The van der Waals surface area contributed by atoms with Crippen LogP contribution < -0.4 is 4.90 Å². The van der Waals surface area contributed by atoms with Gasteiger partial charge >= 0.3 is 0 Å². The van der Waals surface area contributed by atoms with Crippen LogP contribution in [0, 0.1) is 5.82 Å². The zero-order valence-electron chi connectivity index (χ0n) is 15.3. The number of benzene rings is 1. The van der Waals surface area contributed by atoms with E-state index in [2.05, 4.69) is 31.0 Å². The first-order valence-corrected chi connectivity index (χ1v) is 9.87. The molecule has 146 valence electrons. The van der Waals surface area contributed by atoms with Crippen molar-refractivity contribution in [2.24, 2.45) is 0 Å². The summed E-state index contributed by atoms with van der Waals surface area (Å²) < 4.78 is 16.7. The Morgan fingerprint density at radius 1 is 1.29 bits per heavy atom. The fourth-order valence-electron chi connectivity index (χ4n) is 3.31. The number of rotatable bonds is 2. The maximum Gasteiger partial charge on any atom is 0.273 e. The van der Waals surface area contributed by atoms with Crippen LogP contribution in [0.15, 0.2) is 22.7 Å². The summed E-state index contributed by atoms with van der Waals surface area (Å²) in [6, 6.07) is 5.20. The van der Waals surface area contributed by atoms with Crippen molar-refractivity contribution in [1.29, 1.82) is 0 Å². The molecule has 10 heteroatoms. The molecule has 0 saturated carbocycles. The molecule has 0 aliphatic carbocycles. The molecule has 1 aromatic carbocycles. The van der Waals surface area contributed by atoms with Gasteiger partial charge in [0.1, 0.15) is 11.3 Å². The highest BCUT2D eigenvalue weighted by Crippen LogP contribution is 2.32. The van der Waals surface area contributed by atoms with Crippen LogP contribution in [0.2, 0.25) is 5.28 Å². The number of hydrogen-bond donors (Lipinski definition) is 0. The van der Waals surface area contributed by atoms with Crippen LogP contribution in [-0.4, -0.2) is 51.2 Å². The molecule has 0 bridgehead atoms. The third-order valence-electron chi connectivity index (χ3n) is 4.65. The lowest BCUT2D eigenvalue weighted by molar-refractivity contribution is 0.0821. The Hall–Kier alpha value is -2.26. The summed E-state index contributed by atoms with van der Waals surface area (Å²) in [6.45, 7) is 1.86. The van der Waals surface area contributed by atoms with E-state index < -0.39 is 5.82 Å². The minimum Gasteiger partial charge on any atom is -0.350 e. The topological polar surface area (TPSA) is 67.2 Å². The summed E-state index contributed by atoms with van der Waals surface area (Å²) in [7, 11) is 3.39. The Labute approximate surface area is 174 Å². The molecule has 1 amide bonds. The predicted octanol–water partition coefficient (Wildman–Crippen LogP) is 3.49. The van der Waals surface area contributed by atoms with E-state index in [9.17, 15) is 9.18 Å². The monoisotopic (exact) mass is 466 g/mol. The summed E-state index contributed by atoms with van der Waals surface area (Å²) in [4.78, 5) is 24.2. The predicted molar refractivity (Wildman–Crippen MR) is 108 cm³/mol. The number of nitrogens with zero attached hydrogens (tertiary/aromatic N) is 6. The van der Waals surface area contributed by atoms with Crippen molar-refractivity contribution >= 4 is 50.2 Å². The van der Waals surface area contributed by atoms with Crippen LogP contribution in [0.25, 0.3) is 10.9 Å². The van der Waals surface area contributed by atoms with Gasteiger partial charge < -0.3 is 9.80 Å². The van der Waals surface area contributed by atoms with Crippen LogP contribution >= 0.6 is 27.5 Å². The molecule has 28 heavy (non-hydrogen) atoms. The SMILES string of the molecule is CN(C)C(=O)c1cc2n(n1)CCCN(c1nc(Cl)nc3c(F)c(Br)ccc13)C2. The highest BCUT2D eigenvalue weighted by atomic mass is 79.9. The highest BCUT2D eigenvalue weighted by Gasteiger charge is 2.23. The Bertz CT molecular complexity index is 1090. The molecule has 0 fully saturated rings. The lowest BCUT2D eigenvalue weighted by Gasteiger charge is -2.22. The van der Waals surface area contributed by atoms with Crippen molar-refractivity contribution < 1.29 is 9.18 Å². The number of aromatic nitrogens is 4. The average molecular weight is 468 g/mol. The molecule has 0 atom stereocenters. The molecule has 3 heterocycles. The Balaban J connectivity index is 1.77. The van der Waals surface area contributed by atoms with E-state index in [1.807, 2.05) is 9.58 Å². The molecule has 1 aliphatic heterocycles. The van der Waals surface area contributed by atoms with E-state index >= 15 is 0 Å². The van der Waals surface area contributed by atoms with Crippen molar-refractivity contribution in [2.75, 3.05) is 25.5 Å². The van der Waals surface area contributed by atoms with E-state index in [0.717, 1.165) is 12.1 Å². The van der Waals surface area contributed by atoms with E-state index in [4.69, 9.17) is 11.6 Å². The van der Waals surface area contributed by atoms with Gasteiger partial charge in [0.25, 0.3) is 5.91 Å². The lowest BCUT2D eigenvalue weighted by Crippen LogP contribution is -2.24. The van der Waals surface area contributed by atoms with Crippen LogP contribution in [0.3, 0.4) is 0 Å². The number of anilines is 1. The van der Waals surface area contributed by atoms with E-state index in [0.29, 0.717) is 41.0 Å². The minimum atomic E-state index is -0.471. The zero-order valence-corrected chi connectivity index (χ0v) is 17.6. The van der Waals surface area contributed by atoms with Crippen molar-refractivity contribution in [3.63, 3.8) is 0 Å². The van der Waals surface area contributed by atoms with Gasteiger partial charge in [-0.2, -0.15) is 10.1 Å². The number of carbonyl (C=O) groups excluding carboxylic acids is 1. The normalized spacial score (nSPS) is 14.1. The number of aryl methyl sites for hydroxylation is 1. The second-order valence-electron chi connectivity index (χ2n) is 6.79. The number of fused-ring (bicyclic) bond motifs is 2. The molecule has 0 unspecified atom stereocenters. The van der Waals surface area contributed by atoms with Crippen molar-refractivity contribution in [3.8, 4) is 0 Å². The second-order valence-corrected chi connectivity index (χ2v) is 7.98. The fraction of sp³-hybridized carbons (Fsp3) is 0.333. The quantitative estimate of drug-likeness (QED) is 0.540. The van der Waals surface area contributed by atoms with Gasteiger partial charge in [-0.3, -0.25) is 9.48 Å². The first kappa shape index (κ1) is 19.1. The van der Waals surface area contributed by atoms with Crippen LogP contribution in [0.1, 0.15) is 22.6 Å². The second kappa shape index (κ2) is 7.29. The smallest absolute Gasteiger partial charge is 0.273 e. The Kier molecular flexibility index (Phi) is 4.96. The molecule has 0 radical (unpaired) electrons. The van der Waals surface area contributed by atoms with Gasteiger partial charge in [-0.25, -0.2) is 9.37 Å². The third-order valence-corrected chi connectivity index (χ3v) is 5.43. The average Bonchev–Trinajstić information content (AvgIpc) is 2.95. The fourth-order valence-corrected chi connectivity index (χ4v) is 3.80. The van der Waals surface area contributed by atoms with E-state index in [1.54, 1.807) is 32.3 Å². The van der Waals surface area contributed by atoms with Crippen LogP contribution in [-0.2, 0) is 13.1 Å². The highest BCUT2D eigenvalue weighted by molar-refractivity contribution is 9.10. The van der Waals surface area contributed by atoms with E-state index in [-0.39, 0.29) is 16.7 Å². The molecular weight excluding hydrogens is 451 g/mol. The summed E-state index contributed by atoms with van der Waals surface area (Å²) in [5, 5.41) is 5.01. The standard InChI is InChI=1S/C18H17BrClFN6O/c1-25(2)17(28)13-8-10-9-26(6-3-7-27(10)24-13)16-11-4-5-12(19)14(21)15(11)22-18(20)23-16/h4-5,8H,3,6-7,9H2,1-2H3. The van der Waals surface area contributed by atoms with Gasteiger partial charge in [0.15, 0.2) is 11.5 Å². The number of carbonyl (C=O) groups is 1. The van der Waals surface area contributed by atoms with Crippen LogP contribution in [0.5, 0.6) is 0 Å². The third kappa shape index (κ3) is 3.33. The molecule has 0 saturated heterocycles. The van der Waals surface area contributed by atoms with Gasteiger partial charge in [0, 0.05) is 32.6 Å². The molecule has 1 aliphatic rings. The molecule has 0 spiro atoms. The van der Waals surface area contributed by atoms with E-state index in [1.165, 1.54) is 4.90 Å². The van der Waals surface area contributed by atoms with Crippen LogP contribution in [0.4, 0.5) is 10.2 Å². The summed E-state index contributed by atoms with van der Waals surface area (Å²) in [5.74, 6) is -0.0482. The first-order valence-electron chi connectivity index (χ1n) is 8.69. The number of hydrogen-bond acceptors (Lipinski definition) is 5. The van der Waals surface area contributed by atoms with Crippen molar-refractivity contribution in [3.05, 3.63) is 45.2 Å². The van der Waals surface area contributed by atoms with Crippen molar-refractivity contribution in [2.45, 2.75) is 19.5 Å². The van der Waals surface area contributed by atoms with Gasteiger partial charge in [-0.1, -0.05) is 0 Å². The first-order chi connectivity index (χ1) is 13.3. The number of halogens is 3. The summed E-state index contributed by atoms with van der Waals surface area (Å²) >= 11 is 9.27. The number of amides is 1. The Morgan fingerprint density at radius 2 is 2.07 bits per heavy atom.